The predicted molar refractivity (Wildman–Crippen MR) is 78.1 cm³/mol. The van der Waals surface area contributed by atoms with Crippen molar-refractivity contribution in [2.75, 3.05) is 6.79 Å². The molecule has 112 valence electrons. The molecular formula is C14H12N4O4. The highest BCUT2D eigenvalue weighted by atomic mass is 16.7. The summed E-state index contributed by atoms with van der Waals surface area (Å²) in [6.45, 7) is 0.190. The maximum atomic E-state index is 12.0. The Morgan fingerprint density at radius 1 is 1.14 bits per heavy atom. The summed E-state index contributed by atoms with van der Waals surface area (Å²) in [5, 5.41) is 0. The first-order valence-electron chi connectivity index (χ1n) is 6.62. The lowest BCUT2D eigenvalue weighted by Gasteiger charge is -2.03. The molecular weight excluding hydrogens is 288 g/mol. The van der Waals surface area contributed by atoms with Crippen LogP contribution < -0.4 is 20.7 Å². The van der Waals surface area contributed by atoms with Gasteiger partial charge in [0.15, 0.2) is 22.7 Å². The number of aryl methyl sites for hydroxylation is 2. The van der Waals surface area contributed by atoms with Gasteiger partial charge in [-0.3, -0.25) is 14.3 Å². The molecule has 0 amide bonds. The molecule has 2 aromatic heterocycles. The molecule has 0 unspecified atom stereocenters. The Morgan fingerprint density at radius 2 is 1.91 bits per heavy atom. The predicted octanol–water partition coefficient (Wildman–Crippen LogP) is 0.356. The highest BCUT2D eigenvalue weighted by molar-refractivity contribution is 5.77. The van der Waals surface area contributed by atoms with E-state index in [-0.39, 0.29) is 6.79 Å². The van der Waals surface area contributed by atoms with E-state index in [1.807, 2.05) is 6.07 Å². The van der Waals surface area contributed by atoms with Gasteiger partial charge < -0.3 is 14.0 Å². The zero-order valence-corrected chi connectivity index (χ0v) is 11.9. The average molecular weight is 300 g/mol. The largest absolute Gasteiger partial charge is 0.454 e. The van der Waals surface area contributed by atoms with Crippen molar-refractivity contribution in [2.45, 2.75) is 0 Å². The summed E-state index contributed by atoms with van der Waals surface area (Å²) in [6.07, 6.45) is 0. The monoisotopic (exact) mass is 300 g/mol. The summed E-state index contributed by atoms with van der Waals surface area (Å²) in [5.41, 5.74) is 0.501. The molecule has 0 fully saturated rings. The second-order valence-electron chi connectivity index (χ2n) is 5.05. The number of benzene rings is 1. The molecule has 3 aromatic rings. The number of rotatable bonds is 1. The summed E-state index contributed by atoms with van der Waals surface area (Å²) in [7, 11) is 3.30. The number of fused-ring (bicyclic) bond motifs is 2. The highest BCUT2D eigenvalue weighted by Gasteiger charge is 2.19. The molecule has 0 atom stereocenters. The highest BCUT2D eigenvalue weighted by Crippen LogP contribution is 2.35. The van der Waals surface area contributed by atoms with Gasteiger partial charge in [-0.25, -0.2) is 9.78 Å². The Labute approximate surface area is 123 Å². The van der Waals surface area contributed by atoms with Crippen LogP contribution in [0.4, 0.5) is 0 Å². The minimum atomic E-state index is -0.493. The Kier molecular flexibility index (Phi) is 2.44. The van der Waals surface area contributed by atoms with Crippen LogP contribution in [0.25, 0.3) is 22.6 Å². The van der Waals surface area contributed by atoms with Crippen LogP contribution in [0.2, 0.25) is 0 Å². The van der Waals surface area contributed by atoms with Gasteiger partial charge in [0.05, 0.1) is 0 Å². The van der Waals surface area contributed by atoms with Gasteiger partial charge in [0.2, 0.25) is 6.79 Å². The van der Waals surface area contributed by atoms with Crippen molar-refractivity contribution >= 4 is 11.2 Å². The second kappa shape index (κ2) is 4.23. The molecule has 1 aliphatic rings. The minimum absolute atomic E-state index is 0.190. The van der Waals surface area contributed by atoms with Crippen LogP contribution in [-0.2, 0) is 14.1 Å². The fourth-order valence-electron chi connectivity index (χ4n) is 2.60. The van der Waals surface area contributed by atoms with E-state index in [1.54, 1.807) is 30.8 Å². The van der Waals surface area contributed by atoms with E-state index in [1.165, 1.54) is 4.57 Å². The van der Waals surface area contributed by atoms with Crippen molar-refractivity contribution in [2.24, 2.45) is 14.1 Å². The van der Waals surface area contributed by atoms with Gasteiger partial charge in [0.25, 0.3) is 5.56 Å². The molecule has 1 aliphatic heterocycles. The SMILES string of the molecule is Cn1c(-c2ccc3c(c2)OCO3)nc2c1c(=O)[nH]c(=O)n2C. The third kappa shape index (κ3) is 1.60. The van der Waals surface area contributed by atoms with Crippen LogP contribution in [0.1, 0.15) is 0 Å². The van der Waals surface area contributed by atoms with Gasteiger partial charge in [-0.1, -0.05) is 0 Å². The zero-order chi connectivity index (χ0) is 15.4. The molecule has 1 N–H and O–H groups in total. The van der Waals surface area contributed by atoms with Crippen molar-refractivity contribution in [1.82, 2.24) is 19.1 Å². The van der Waals surface area contributed by atoms with Crippen LogP contribution in [0.15, 0.2) is 27.8 Å². The summed E-state index contributed by atoms with van der Waals surface area (Å²) >= 11 is 0. The first-order chi connectivity index (χ1) is 10.6. The standard InChI is InChI=1S/C14H12N4O4/c1-17-10-12(18(2)14(20)16-13(10)19)15-11(17)7-3-4-8-9(5-7)22-6-21-8/h3-5H,6H2,1-2H3,(H,16,19,20). The van der Waals surface area contributed by atoms with Gasteiger partial charge >= 0.3 is 5.69 Å². The number of H-pyrrole nitrogens is 1. The zero-order valence-electron chi connectivity index (χ0n) is 11.9. The second-order valence-corrected chi connectivity index (χ2v) is 5.05. The number of ether oxygens (including phenoxy) is 2. The molecule has 22 heavy (non-hydrogen) atoms. The lowest BCUT2D eigenvalue weighted by Crippen LogP contribution is -2.29. The molecule has 0 spiro atoms. The summed E-state index contributed by atoms with van der Waals surface area (Å²) in [4.78, 5) is 30.4. The average Bonchev–Trinajstić information content (AvgIpc) is 3.08. The molecule has 1 aromatic carbocycles. The normalized spacial score (nSPS) is 13.0. The molecule has 0 saturated heterocycles. The van der Waals surface area contributed by atoms with Gasteiger partial charge in [0, 0.05) is 19.7 Å². The number of hydrogen-bond donors (Lipinski definition) is 1. The lowest BCUT2D eigenvalue weighted by atomic mass is 10.2. The molecule has 3 heterocycles. The first-order valence-corrected chi connectivity index (χ1v) is 6.62. The number of nitrogens with zero attached hydrogens (tertiary/aromatic N) is 3. The Morgan fingerprint density at radius 3 is 2.73 bits per heavy atom. The molecule has 8 heteroatoms. The van der Waals surface area contributed by atoms with E-state index in [2.05, 4.69) is 9.97 Å². The van der Waals surface area contributed by atoms with Crippen LogP contribution in [0.3, 0.4) is 0 Å². The molecule has 0 aliphatic carbocycles. The van der Waals surface area contributed by atoms with E-state index in [0.29, 0.717) is 28.5 Å². The Balaban J connectivity index is 2.02. The van der Waals surface area contributed by atoms with Crippen molar-refractivity contribution in [3.63, 3.8) is 0 Å². The topological polar surface area (TPSA) is 91.1 Å². The van der Waals surface area contributed by atoms with Crippen LogP contribution in [0.5, 0.6) is 11.5 Å². The third-order valence-corrected chi connectivity index (χ3v) is 3.77. The molecule has 8 nitrogen and oxygen atoms in total. The van der Waals surface area contributed by atoms with E-state index in [9.17, 15) is 9.59 Å². The maximum Gasteiger partial charge on any atom is 0.329 e. The van der Waals surface area contributed by atoms with Crippen molar-refractivity contribution in [1.29, 1.82) is 0 Å². The number of imidazole rings is 1. The molecule has 4 rings (SSSR count). The molecule has 0 radical (unpaired) electrons. The van der Waals surface area contributed by atoms with E-state index in [0.717, 1.165) is 5.56 Å². The van der Waals surface area contributed by atoms with Crippen LogP contribution >= 0.6 is 0 Å². The van der Waals surface area contributed by atoms with Crippen LogP contribution in [-0.4, -0.2) is 25.9 Å². The number of aromatic amines is 1. The van der Waals surface area contributed by atoms with Crippen molar-refractivity contribution < 1.29 is 9.47 Å². The maximum absolute atomic E-state index is 12.0. The Hall–Kier alpha value is -3.03. The van der Waals surface area contributed by atoms with Crippen molar-refractivity contribution in [3.8, 4) is 22.9 Å². The summed E-state index contributed by atoms with van der Waals surface area (Å²) in [6, 6.07) is 5.43. The minimum Gasteiger partial charge on any atom is -0.454 e. The Bertz CT molecular complexity index is 1030. The van der Waals surface area contributed by atoms with Crippen molar-refractivity contribution in [3.05, 3.63) is 39.0 Å². The summed E-state index contributed by atoms with van der Waals surface area (Å²) < 4.78 is 13.6. The lowest BCUT2D eigenvalue weighted by molar-refractivity contribution is 0.174. The quantitative estimate of drug-likeness (QED) is 0.700. The number of hydrogen-bond acceptors (Lipinski definition) is 5. The van der Waals surface area contributed by atoms with E-state index < -0.39 is 11.2 Å². The van der Waals surface area contributed by atoms with Gasteiger partial charge in [0.1, 0.15) is 5.82 Å². The fourth-order valence-corrected chi connectivity index (χ4v) is 2.60. The van der Waals surface area contributed by atoms with E-state index >= 15 is 0 Å². The van der Waals surface area contributed by atoms with Gasteiger partial charge in [-0.2, -0.15) is 0 Å². The third-order valence-electron chi connectivity index (χ3n) is 3.77. The van der Waals surface area contributed by atoms with Gasteiger partial charge in [-0.15, -0.1) is 0 Å². The van der Waals surface area contributed by atoms with Gasteiger partial charge in [-0.05, 0) is 18.2 Å². The van der Waals surface area contributed by atoms with Crippen LogP contribution in [0, 0.1) is 0 Å². The first kappa shape index (κ1) is 12.7. The summed E-state index contributed by atoms with van der Waals surface area (Å²) in [5.74, 6) is 1.88. The number of nitrogens with one attached hydrogen (secondary N) is 1. The van der Waals surface area contributed by atoms with E-state index in [4.69, 9.17) is 9.47 Å². The number of aromatic nitrogens is 4. The smallest absolute Gasteiger partial charge is 0.329 e. The molecule has 0 saturated carbocycles. The molecule has 0 bridgehead atoms. The fraction of sp³-hybridized carbons (Fsp3) is 0.214.